The first-order valence-corrected chi connectivity index (χ1v) is 8.76. The number of rotatable bonds is 4. The van der Waals surface area contributed by atoms with E-state index in [1.54, 1.807) is 12.1 Å². The highest BCUT2D eigenvalue weighted by atomic mass is 35.5. The molecule has 1 atom stereocenters. The molecule has 1 fully saturated rings. The van der Waals surface area contributed by atoms with Crippen LogP contribution in [-0.4, -0.2) is 38.4 Å². The van der Waals surface area contributed by atoms with Gasteiger partial charge in [0.15, 0.2) is 9.84 Å². The van der Waals surface area contributed by atoms with E-state index in [-0.39, 0.29) is 5.92 Å². The molecule has 3 nitrogen and oxygen atoms in total. The zero-order chi connectivity index (χ0) is 14.0. The van der Waals surface area contributed by atoms with Gasteiger partial charge in [0.25, 0.3) is 0 Å². The average molecular weight is 322 g/mol. The summed E-state index contributed by atoms with van der Waals surface area (Å²) in [7, 11) is -0.828. The summed E-state index contributed by atoms with van der Waals surface area (Å²) in [4.78, 5) is 2.10. The second kappa shape index (κ2) is 6.00. The fourth-order valence-corrected chi connectivity index (χ4v) is 4.70. The predicted molar refractivity (Wildman–Crippen MR) is 79.6 cm³/mol. The Bertz CT molecular complexity index is 560. The van der Waals surface area contributed by atoms with Gasteiger partial charge in [-0.1, -0.05) is 23.2 Å². The van der Waals surface area contributed by atoms with E-state index in [1.165, 1.54) is 0 Å². The first-order chi connectivity index (χ1) is 8.85. The highest BCUT2D eigenvalue weighted by Gasteiger charge is 2.28. The van der Waals surface area contributed by atoms with Gasteiger partial charge in [0.05, 0.1) is 11.5 Å². The normalized spacial score (nSPS) is 22.0. The van der Waals surface area contributed by atoms with Gasteiger partial charge in [-0.3, -0.25) is 0 Å². The van der Waals surface area contributed by atoms with Crippen LogP contribution in [0.4, 0.5) is 0 Å². The highest BCUT2D eigenvalue weighted by Crippen LogP contribution is 2.23. The molecule has 0 aromatic heterocycles. The maximum absolute atomic E-state index is 11.4. The van der Waals surface area contributed by atoms with Gasteiger partial charge in [-0.05, 0) is 43.1 Å². The van der Waals surface area contributed by atoms with Crippen LogP contribution in [0.3, 0.4) is 0 Å². The quantitative estimate of drug-likeness (QED) is 0.855. The predicted octanol–water partition coefficient (Wildman–Crippen LogP) is 2.86. The Labute approximate surface area is 124 Å². The molecule has 1 aromatic carbocycles. The molecular weight excluding hydrogens is 305 g/mol. The molecule has 1 heterocycles. The van der Waals surface area contributed by atoms with Crippen molar-refractivity contribution < 1.29 is 8.42 Å². The van der Waals surface area contributed by atoms with Crippen molar-refractivity contribution >= 4 is 33.0 Å². The lowest BCUT2D eigenvalue weighted by Crippen LogP contribution is -2.26. The smallest absolute Gasteiger partial charge is 0.150 e. The van der Waals surface area contributed by atoms with E-state index in [0.29, 0.717) is 28.1 Å². The Morgan fingerprint density at radius 1 is 1.37 bits per heavy atom. The topological polar surface area (TPSA) is 37.4 Å². The van der Waals surface area contributed by atoms with Gasteiger partial charge < -0.3 is 4.90 Å². The van der Waals surface area contributed by atoms with Crippen LogP contribution in [0.1, 0.15) is 12.0 Å². The SMILES string of the molecule is CN(Cc1cc(Cl)ccc1Cl)C[C@@H]1CCS(=O)(=O)C1. The maximum Gasteiger partial charge on any atom is 0.150 e. The zero-order valence-electron chi connectivity index (χ0n) is 10.8. The number of sulfone groups is 1. The Morgan fingerprint density at radius 3 is 2.74 bits per heavy atom. The minimum Gasteiger partial charge on any atom is -0.302 e. The van der Waals surface area contributed by atoms with Gasteiger partial charge in [0.2, 0.25) is 0 Å². The van der Waals surface area contributed by atoms with Crippen molar-refractivity contribution in [3.8, 4) is 0 Å². The lowest BCUT2D eigenvalue weighted by atomic mass is 10.1. The average Bonchev–Trinajstić information content (AvgIpc) is 2.63. The highest BCUT2D eigenvalue weighted by molar-refractivity contribution is 7.91. The van der Waals surface area contributed by atoms with E-state index in [4.69, 9.17) is 23.2 Å². The van der Waals surface area contributed by atoms with Crippen LogP contribution in [0.2, 0.25) is 10.0 Å². The molecule has 2 rings (SSSR count). The summed E-state index contributed by atoms with van der Waals surface area (Å²) in [6.07, 6.45) is 0.760. The molecule has 0 bridgehead atoms. The van der Waals surface area contributed by atoms with Crippen molar-refractivity contribution in [2.45, 2.75) is 13.0 Å². The van der Waals surface area contributed by atoms with Crippen LogP contribution in [0.5, 0.6) is 0 Å². The Balaban J connectivity index is 1.94. The summed E-state index contributed by atoms with van der Waals surface area (Å²) in [5, 5.41) is 1.35. The molecule has 19 heavy (non-hydrogen) atoms. The van der Waals surface area contributed by atoms with E-state index in [2.05, 4.69) is 4.90 Å². The van der Waals surface area contributed by atoms with Crippen molar-refractivity contribution in [1.82, 2.24) is 4.90 Å². The second-order valence-electron chi connectivity index (χ2n) is 5.20. The molecule has 1 aliphatic heterocycles. The number of benzene rings is 1. The molecule has 0 aliphatic carbocycles. The minimum absolute atomic E-state index is 0.230. The van der Waals surface area contributed by atoms with E-state index >= 15 is 0 Å². The van der Waals surface area contributed by atoms with Crippen molar-refractivity contribution in [2.75, 3.05) is 25.1 Å². The van der Waals surface area contributed by atoms with Gasteiger partial charge in [-0.15, -0.1) is 0 Å². The van der Waals surface area contributed by atoms with Crippen LogP contribution in [0, 0.1) is 5.92 Å². The molecular formula is C13H17Cl2NO2S. The second-order valence-corrected chi connectivity index (χ2v) is 8.27. The third kappa shape index (κ3) is 4.35. The van der Waals surface area contributed by atoms with Gasteiger partial charge >= 0.3 is 0 Å². The summed E-state index contributed by atoms with van der Waals surface area (Å²) < 4.78 is 22.8. The van der Waals surface area contributed by atoms with Crippen molar-refractivity contribution in [1.29, 1.82) is 0 Å². The minimum atomic E-state index is -2.80. The molecule has 1 saturated heterocycles. The van der Waals surface area contributed by atoms with Gasteiger partial charge in [-0.2, -0.15) is 0 Å². The van der Waals surface area contributed by atoms with Crippen LogP contribution in [0.15, 0.2) is 18.2 Å². The molecule has 0 spiro atoms. The Morgan fingerprint density at radius 2 is 2.11 bits per heavy atom. The molecule has 0 amide bonds. The number of halogens is 2. The van der Waals surface area contributed by atoms with Crippen LogP contribution in [0.25, 0.3) is 0 Å². The molecule has 0 N–H and O–H groups in total. The van der Waals surface area contributed by atoms with E-state index in [1.807, 2.05) is 13.1 Å². The molecule has 0 radical (unpaired) electrons. The molecule has 6 heteroatoms. The standard InChI is InChI=1S/C13H17Cl2NO2S/c1-16(7-10-4-5-19(17,18)9-10)8-11-6-12(14)2-3-13(11)15/h2-3,6,10H,4-5,7-9H2,1H3/t10-/m0/s1. The van der Waals surface area contributed by atoms with Gasteiger partial charge in [0.1, 0.15) is 0 Å². The fourth-order valence-electron chi connectivity index (χ4n) is 2.48. The largest absolute Gasteiger partial charge is 0.302 e. The summed E-state index contributed by atoms with van der Waals surface area (Å²) in [6.45, 7) is 1.44. The molecule has 0 saturated carbocycles. The third-order valence-electron chi connectivity index (χ3n) is 3.34. The third-order valence-corrected chi connectivity index (χ3v) is 5.79. The summed E-state index contributed by atoms with van der Waals surface area (Å²) in [5.41, 5.74) is 0.970. The van der Waals surface area contributed by atoms with Crippen molar-refractivity contribution in [3.63, 3.8) is 0 Å². The zero-order valence-corrected chi connectivity index (χ0v) is 13.1. The number of nitrogens with zero attached hydrogens (tertiary/aromatic N) is 1. The van der Waals surface area contributed by atoms with Crippen molar-refractivity contribution in [2.24, 2.45) is 5.92 Å². The Kier molecular flexibility index (Phi) is 4.77. The lowest BCUT2D eigenvalue weighted by Gasteiger charge is -2.20. The summed E-state index contributed by atoms with van der Waals surface area (Å²) in [5.74, 6) is 0.859. The van der Waals surface area contributed by atoms with Crippen LogP contribution < -0.4 is 0 Å². The van der Waals surface area contributed by atoms with E-state index in [0.717, 1.165) is 18.5 Å². The Hall–Kier alpha value is -0.290. The fraction of sp³-hybridized carbons (Fsp3) is 0.538. The molecule has 106 valence electrons. The number of hydrogen-bond donors (Lipinski definition) is 0. The first kappa shape index (κ1) is 15.1. The molecule has 1 aliphatic rings. The monoisotopic (exact) mass is 321 g/mol. The first-order valence-electron chi connectivity index (χ1n) is 6.18. The van der Waals surface area contributed by atoms with Crippen molar-refractivity contribution in [3.05, 3.63) is 33.8 Å². The summed E-state index contributed by atoms with van der Waals surface area (Å²) in [6, 6.07) is 5.40. The van der Waals surface area contributed by atoms with Crippen LogP contribution >= 0.6 is 23.2 Å². The van der Waals surface area contributed by atoms with Gasteiger partial charge in [-0.25, -0.2) is 8.42 Å². The van der Waals surface area contributed by atoms with Gasteiger partial charge in [0, 0.05) is 23.1 Å². The lowest BCUT2D eigenvalue weighted by molar-refractivity contribution is 0.281. The number of hydrogen-bond acceptors (Lipinski definition) is 3. The molecule has 1 aromatic rings. The van der Waals surface area contributed by atoms with E-state index < -0.39 is 9.84 Å². The molecule has 0 unspecified atom stereocenters. The van der Waals surface area contributed by atoms with Crippen LogP contribution in [-0.2, 0) is 16.4 Å². The van der Waals surface area contributed by atoms with E-state index in [9.17, 15) is 8.42 Å². The summed E-state index contributed by atoms with van der Waals surface area (Å²) >= 11 is 12.1. The maximum atomic E-state index is 11.4.